The number of carbonyl (C=O) groups excluding carboxylic acids is 1. The second kappa shape index (κ2) is 9.35. The smallest absolute Gasteiger partial charge is 0.264 e. The predicted molar refractivity (Wildman–Crippen MR) is 102 cm³/mol. The minimum atomic E-state index is -3.87. The van der Waals surface area contributed by atoms with Gasteiger partial charge in [0.15, 0.2) is 0 Å². The number of sulfonamides is 1. The topological polar surface area (TPSA) is 75.7 Å². The van der Waals surface area contributed by atoms with Gasteiger partial charge >= 0.3 is 0 Å². The number of rotatable bonds is 9. The van der Waals surface area contributed by atoms with Crippen molar-refractivity contribution >= 4 is 21.6 Å². The summed E-state index contributed by atoms with van der Waals surface area (Å²) in [5.74, 6) is -0.382. The molecule has 2 aromatic carbocycles. The molecule has 1 amide bonds. The Hall–Kier alpha value is -2.38. The molecule has 2 rings (SSSR count). The molecule has 2 aromatic rings. The molecule has 140 valence electrons. The molecule has 1 N–H and O–H groups in total. The summed E-state index contributed by atoms with van der Waals surface area (Å²) in [4.78, 5) is 12.5. The van der Waals surface area contributed by atoms with Gasteiger partial charge in [0, 0.05) is 13.7 Å². The standard InChI is InChI=1S/C19H24N2O4S/c1-3-16-9-7-8-12-18(16)21(15-19(22)20-13-14-25-2)26(23,24)17-10-5-4-6-11-17/h4-12H,3,13-15H2,1-2H3,(H,20,22). The number of amides is 1. The monoisotopic (exact) mass is 376 g/mol. The van der Waals surface area contributed by atoms with Crippen LogP contribution in [0.1, 0.15) is 12.5 Å². The van der Waals surface area contributed by atoms with Crippen LogP contribution >= 0.6 is 0 Å². The van der Waals surface area contributed by atoms with Gasteiger partial charge in [-0.3, -0.25) is 9.10 Å². The van der Waals surface area contributed by atoms with Crippen molar-refractivity contribution in [2.24, 2.45) is 0 Å². The second-order valence-electron chi connectivity index (χ2n) is 5.65. The lowest BCUT2D eigenvalue weighted by Gasteiger charge is -2.26. The Labute approximate surface area is 154 Å². The predicted octanol–water partition coefficient (Wildman–Crippen LogP) is 2.21. The number of hydrogen-bond donors (Lipinski definition) is 1. The van der Waals surface area contributed by atoms with Gasteiger partial charge in [0.25, 0.3) is 10.0 Å². The minimum Gasteiger partial charge on any atom is -0.383 e. The average molecular weight is 376 g/mol. The Morgan fingerprint density at radius 3 is 2.38 bits per heavy atom. The molecule has 0 bridgehead atoms. The third-order valence-electron chi connectivity index (χ3n) is 3.89. The minimum absolute atomic E-state index is 0.149. The second-order valence-corrected chi connectivity index (χ2v) is 7.51. The molecule has 0 aromatic heterocycles. The highest BCUT2D eigenvalue weighted by molar-refractivity contribution is 7.92. The summed E-state index contributed by atoms with van der Waals surface area (Å²) in [5.41, 5.74) is 1.37. The van der Waals surface area contributed by atoms with Gasteiger partial charge in [-0.1, -0.05) is 43.3 Å². The first kappa shape index (κ1) is 19.9. The Bertz CT molecular complexity index is 822. The van der Waals surface area contributed by atoms with E-state index in [1.807, 2.05) is 19.1 Å². The van der Waals surface area contributed by atoms with Crippen LogP contribution in [-0.4, -0.2) is 41.1 Å². The number of aryl methyl sites for hydroxylation is 1. The number of ether oxygens (including phenoxy) is 1. The molecule has 0 spiro atoms. The summed E-state index contributed by atoms with van der Waals surface area (Å²) in [5, 5.41) is 2.67. The fraction of sp³-hybridized carbons (Fsp3) is 0.316. The number of nitrogens with zero attached hydrogens (tertiary/aromatic N) is 1. The zero-order valence-electron chi connectivity index (χ0n) is 15.0. The van der Waals surface area contributed by atoms with Crippen molar-refractivity contribution in [2.75, 3.05) is 31.1 Å². The Morgan fingerprint density at radius 2 is 1.73 bits per heavy atom. The number of hydrogen-bond acceptors (Lipinski definition) is 4. The van der Waals surface area contributed by atoms with E-state index in [4.69, 9.17) is 4.74 Å². The SMILES string of the molecule is CCc1ccccc1N(CC(=O)NCCOC)S(=O)(=O)c1ccccc1. The maximum atomic E-state index is 13.2. The van der Waals surface area contributed by atoms with Crippen LogP contribution < -0.4 is 9.62 Å². The molecule has 26 heavy (non-hydrogen) atoms. The lowest BCUT2D eigenvalue weighted by molar-refractivity contribution is -0.119. The van der Waals surface area contributed by atoms with Crippen molar-refractivity contribution in [3.63, 3.8) is 0 Å². The molecule has 0 aliphatic rings. The highest BCUT2D eigenvalue weighted by atomic mass is 32.2. The zero-order chi connectivity index (χ0) is 19.0. The quantitative estimate of drug-likeness (QED) is 0.681. The summed E-state index contributed by atoms with van der Waals surface area (Å²) in [6.45, 7) is 2.34. The van der Waals surface area contributed by atoms with Crippen molar-refractivity contribution in [3.05, 3.63) is 60.2 Å². The maximum Gasteiger partial charge on any atom is 0.264 e. The fourth-order valence-electron chi connectivity index (χ4n) is 2.55. The number of carbonyl (C=O) groups is 1. The van der Waals surface area contributed by atoms with E-state index in [1.165, 1.54) is 23.5 Å². The molecule has 0 aliphatic heterocycles. The molecular weight excluding hydrogens is 352 g/mol. The van der Waals surface area contributed by atoms with Crippen molar-refractivity contribution < 1.29 is 17.9 Å². The highest BCUT2D eigenvalue weighted by Gasteiger charge is 2.28. The van der Waals surface area contributed by atoms with Gasteiger partial charge < -0.3 is 10.1 Å². The molecule has 0 radical (unpaired) electrons. The molecule has 0 saturated carbocycles. The van der Waals surface area contributed by atoms with Gasteiger partial charge in [0.05, 0.1) is 17.2 Å². The molecule has 7 heteroatoms. The summed E-state index contributed by atoms with van der Waals surface area (Å²) in [7, 11) is -2.33. The van der Waals surface area contributed by atoms with Crippen LogP contribution in [0.25, 0.3) is 0 Å². The largest absolute Gasteiger partial charge is 0.383 e. The van der Waals surface area contributed by atoms with Crippen LogP contribution in [0, 0.1) is 0 Å². The molecule has 0 heterocycles. The third-order valence-corrected chi connectivity index (χ3v) is 5.66. The first-order valence-electron chi connectivity index (χ1n) is 8.42. The van der Waals surface area contributed by atoms with Gasteiger partial charge in [-0.05, 0) is 30.2 Å². The number of para-hydroxylation sites is 1. The Kier molecular flexibility index (Phi) is 7.17. The molecule has 0 aliphatic carbocycles. The van der Waals surface area contributed by atoms with Crippen molar-refractivity contribution in [3.8, 4) is 0 Å². The maximum absolute atomic E-state index is 13.2. The van der Waals surface area contributed by atoms with E-state index in [9.17, 15) is 13.2 Å². The lowest BCUT2D eigenvalue weighted by Crippen LogP contribution is -2.42. The molecule has 0 unspecified atom stereocenters. The van der Waals surface area contributed by atoms with E-state index >= 15 is 0 Å². The van der Waals surface area contributed by atoms with Crippen LogP contribution in [0.2, 0.25) is 0 Å². The summed E-state index contributed by atoms with van der Waals surface area (Å²) >= 11 is 0. The normalized spacial score (nSPS) is 11.2. The molecular formula is C19H24N2O4S. The highest BCUT2D eigenvalue weighted by Crippen LogP contribution is 2.27. The third kappa shape index (κ3) is 4.83. The van der Waals surface area contributed by atoms with Gasteiger partial charge in [-0.2, -0.15) is 0 Å². The van der Waals surface area contributed by atoms with Crippen LogP contribution in [0.3, 0.4) is 0 Å². The first-order valence-corrected chi connectivity index (χ1v) is 9.86. The van der Waals surface area contributed by atoms with Gasteiger partial charge in [-0.25, -0.2) is 8.42 Å². The van der Waals surface area contributed by atoms with Crippen LogP contribution in [0.4, 0.5) is 5.69 Å². The van der Waals surface area contributed by atoms with E-state index in [1.54, 1.807) is 30.3 Å². The summed E-state index contributed by atoms with van der Waals surface area (Å²) in [6, 6.07) is 15.3. The summed E-state index contributed by atoms with van der Waals surface area (Å²) in [6.07, 6.45) is 0.655. The van der Waals surface area contributed by atoms with Crippen molar-refractivity contribution in [1.82, 2.24) is 5.32 Å². The van der Waals surface area contributed by atoms with E-state index in [0.717, 1.165) is 5.56 Å². The fourth-order valence-corrected chi connectivity index (χ4v) is 4.03. The molecule has 0 saturated heterocycles. The van der Waals surface area contributed by atoms with E-state index < -0.39 is 10.0 Å². The van der Waals surface area contributed by atoms with Crippen LogP contribution in [-0.2, 0) is 26.0 Å². The van der Waals surface area contributed by atoms with Crippen molar-refractivity contribution in [1.29, 1.82) is 0 Å². The van der Waals surface area contributed by atoms with E-state index in [0.29, 0.717) is 25.3 Å². The zero-order valence-corrected chi connectivity index (χ0v) is 15.8. The van der Waals surface area contributed by atoms with Gasteiger partial charge in [0.1, 0.15) is 6.54 Å². The molecule has 0 atom stereocenters. The first-order chi connectivity index (χ1) is 12.5. The van der Waals surface area contributed by atoms with Crippen LogP contribution in [0.15, 0.2) is 59.5 Å². The van der Waals surface area contributed by atoms with E-state index in [2.05, 4.69) is 5.32 Å². The van der Waals surface area contributed by atoms with Crippen molar-refractivity contribution in [2.45, 2.75) is 18.2 Å². The average Bonchev–Trinajstić information content (AvgIpc) is 2.67. The number of nitrogens with one attached hydrogen (secondary N) is 1. The van der Waals surface area contributed by atoms with Crippen LogP contribution in [0.5, 0.6) is 0 Å². The molecule has 6 nitrogen and oxygen atoms in total. The van der Waals surface area contributed by atoms with Gasteiger partial charge in [0.2, 0.25) is 5.91 Å². The number of benzene rings is 2. The number of anilines is 1. The summed E-state index contributed by atoms with van der Waals surface area (Å²) < 4.78 is 32.5. The Balaban J connectivity index is 2.40. The Morgan fingerprint density at radius 1 is 1.08 bits per heavy atom. The molecule has 0 fully saturated rings. The number of methoxy groups -OCH3 is 1. The van der Waals surface area contributed by atoms with Gasteiger partial charge in [-0.15, -0.1) is 0 Å². The van der Waals surface area contributed by atoms with E-state index in [-0.39, 0.29) is 17.3 Å². The lowest BCUT2D eigenvalue weighted by atomic mass is 10.1.